The number of aliphatic hydroxyl groups is 1. The number of carbonyl (C=O) groups is 1. The Hall–Kier alpha value is -4.62. The van der Waals surface area contributed by atoms with Crippen LogP contribution >= 0.6 is 0 Å². The number of hydrogen-bond acceptors (Lipinski definition) is 10. The highest BCUT2D eigenvalue weighted by Crippen LogP contribution is 2.43. The Morgan fingerprint density at radius 1 is 1.19 bits per heavy atom. The summed E-state index contributed by atoms with van der Waals surface area (Å²) in [5, 5.41) is 25.8. The number of hydrogen-bond donors (Lipinski definition) is 5. The average Bonchev–Trinajstić information content (AvgIpc) is 3.00. The van der Waals surface area contributed by atoms with E-state index in [1.54, 1.807) is 26.1 Å². The third-order valence-corrected chi connectivity index (χ3v) is 6.99. The summed E-state index contributed by atoms with van der Waals surface area (Å²) < 4.78 is 32.3. The number of halogens is 2. The summed E-state index contributed by atoms with van der Waals surface area (Å²) >= 11 is 0. The molecule has 0 unspecified atom stereocenters. The first-order chi connectivity index (χ1) is 20.3. The standard InChI is InChI=1S/C29H34F2N8O3/c1-4-26(41)37-27-18(2)28(24(42-29(30)31)15-23(27)39-9-7-38(8-10-39)11-12-40)36-25-14-22(34-17-35-25)19-5-6-20(16-32)21(13-19)33-3/h4-6,13-17,29,32-33,40H,1,7-12H2,2-3H3,(H,37,41)(H,34,35,36). The summed E-state index contributed by atoms with van der Waals surface area (Å²) in [6.45, 7) is 5.14. The van der Waals surface area contributed by atoms with E-state index in [1.807, 2.05) is 17.0 Å². The van der Waals surface area contributed by atoms with Gasteiger partial charge in [0.2, 0.25) is 5.91 Å². The lowest BCUT2D eigenvalue weighted by atomic mass is 10.1. The van der Waals surface area contributed by atoms with Crippen molar-refractivity contribution in [3.63, 3.8) is 0 Å². The minimum Gasteiger partial charge on any atom is -0.433 e. The highest BCUT2D eigenvalue weighted by Gasteiger charge is 2.26. The highest BCUT2D eigenvalue weighted by atomic mass is 19.3. The predicted octanol–water partition coefficient (Wildman–Crippen LogP) is 4.08. The molecule has 5 N–H and O–H groups in total. The van der Waals surface area contributed by atoms with Crippen LogP contribution in [0.5, 0.6) is 5.75 Å². The fourth-order valence-corrected chi connectivity index (χ4v) is 4.82. The molecule has 0 bridgehead atoms. The minimum atomic E-state index is -3.10. The minimum absolute atomic E-state index is 0.0446. The summed E-state index contributed by atoms with van der Waals surface area (Å²) in [6, 6.07) is 8.61. The zero-order chi connectivity index (χ0) is 30.2. The number of carbonyl (C=O) groups excluding carboxylic acids is 1. The first-order valence-corrected chi connectivity index (χ1v) is 13.3. The number of aromatic nitrogens is 2. The van der Waals surface area contributed by atoms with Crippen LogP contribution in [-0.4, -0.2) is 85.1 Å². The van der Waals surface area contributed by atoms with Crippen molar-refractivity contribution in [2.24, 2.45) is 0 Å². The van der Waals surface area contributed by atoms with E-state index in [9.17, 15) is 18.7 Å². The smallest absolute Gasteiger partial charge is 0.387 e. The van der Waals surface area contributed by atoms with Gasteiger partial charge in [-0.15, -0.1) is 0 Å². The van der Waals surface area contributed by atoms with Gasteiger partial charge in [0.1, 0.15) is 12.1 Å². The number of ether oxygens (including phenoxy) is 1. The molecule has 0 saturated carbocycles. The predicted molar refractivity (Wildman–Crippen MR) is 161 cm³/mol. The molecule has 13 heteroatoms. The second kappa shape index (κ2) is 13.8. The molecule has 1 aromatic heterocycles. The molecule has 222 valence electrons. The highest BCUT2D eigenvalue weighted by molar-refractivity contribution is 6.03. The lowest BCUT2D eigenvalue weighted by Gasteiger charge is -2.37. The zero-order valence-electron chi connectivity index (χ0n) is 23.5. The van der Waals surface area contributed by atoms with Gasteiger partial charge in [0.25, 0.3) is 0 Å². The fraction of sp³-hybridized carbons (Fsp3) is 0.310. The van der Waals surface area contributed by atoms with Gasteiger partial charge in [-0.3, -0.25) is 9.69 Å². The van der Waals surface area contributed by atoms with Crippen LogP contribution in [0.25, 0.3) is 11.3 Å². The Morgan fingerprint density at radius 2 is 1.95 bits per heavy atom. The topological polar surface area (TPSA) is 139 Å². The van der Waals surface area contributed by atoms with E-state index < -0.39 is 12.5 Å². The van der Waals surface area contributed by atoms with Crippen molar-refractivity contribution in [3.8, 4) is 17.0 Å². The molecule has 0 radical (unpaired) electrons. The SMILES string of the molecule is C=CC(=O)Nc1c(N2CCN(CCO)CC2)cc(OC(F)F)c(Nc2cc(-c3ccc(C=N)c(NC)c3)ncn2)c1C. The molecule has 1 aliphatic heterocycles. The third-order valence-electron chi connectivity index (χ3n) is 6.99. The van der Waals surface area contributed by atoms with Gasteiger partial charge in [-0.1, -0.05) is 18.7 Å². The molecule has 1 saturated heterocycles. The number of nitrogens with zero attached hydrogens (tertiary/aromatic N) is 4. The van der Waals surface area contributed by atoms with Gasteiger partial charge in [0, 0.05) is 80.5 Å². The molecule has 0 aliphatic carbocycles. The number of piperazine rings is 1. The molecule has 11 nitrogen and oxygen atoms in total. The molecule has 0 spiro atoms. The van der Waals surface area contributed by atoms with Crippen molar-refractivity contribution < 1.29 is 23.4 Å². The van der Waals surface area contributed by atoms with Gasteiger partial charge < -0.3 is 36.1 Å². The number of anilines is 5. The molecule has 1 aliphatic rings. The van der Waals surface area contributed by atoms with Crippen molar-refractivity contribution >= 4 is 40.7 Å². The van der Waals surface area contributed by atoms with Gasteiger partial charge in [-0.2, -0.15) is 8.78 Å². The van der Waals surface area contributed by atoms with E-state index in [0.717, 1.165) is 17.3 Å². The van der Waals surface area contributed by atoms with Crippen LogP contribution in [0.15, 0.2) is 49.3 Å². The molecule has 1 amide bonds. The van der Waals surface area contributed by atoms with Crippen LogP contribution in [0.3, 0.4) is 0 Å². The summed E-state index contributed by atoms with van der Waals surface area (Å²) in [5.74, 6) is -0.250. The van der Waals surface area contributed by atoms with Crippen molar-refractivity contribution in [1.29, 1.82) is 5.41 Å². The molecule has 3 aromatic rings. The van der Waals surface area contributed by atoms with Crippen LogP contribution < -0.4 is 25.6 Å². The molecular formula is C29H34F2N8O3. The number of benzene rings is 2. The van der Waals surface area contributed by atoms with E-state index >= 15 is 0 Å². The van der Waals surface area contributed by atoms with Crippen molar-refractivity contribution in [1.82, 2.24) is 14.9 Å². The maximum absolute atomic E-state index is 13.6. The van der Waals surface area contributed by atoms with Gasteiger partial charge >= 0.3 is 6.61 Å². The van der Waals surface area contributed by atoms with Gasteiger partial charge in [0.05, 0.1) is 29.4 Å². The lowest BCUT2D eigenvalue weighted by molar-refractivity contribution is -0.111. The van der Waals surface area contributed by atoms with Crippen LogP contribution in [-0.2, 0) is 4.79 Å². The lowest BCUT2D eigenvalue weighted by Crippen LogP contribution is -2.47. The zero-order valence-corrected chi connectivity index (χ0v) is 23.5. The van der Waals surface area contributed by atoms with E-state index in [4.69, 9.17) is 10.1 Å². The number of β-amino-alcohol motifs (C(OH)–C–C–N with tert-alkyl or cyclic N) is 1. The van der Waals surface area contributed by atoms with E-state index in [2.05, 4.69) is 37.4 Å². The van der Waals surface area contributed by atoms with Crippen molar-refractivity contribution in [3.05, 3.63) is 60.4 Å². The second-order valence-corrected chi connectivity index (χ2v) is 9.50. The molecule has 42 heavy (non-hydrogen) atoms. The van der Waals surface area contributed by atoms with E-state index in [1.165, 1.54) is 18.6 Å². The number of nitrogens with one attached hydrogen (secondary N) is 4. The number of amides is 1. The fourth-order valence-electron chi connectivity index (χ4n) is 4.82. The monoisotopic (exact) mass is 580 g/mol. The maximum Gasteiger partial charge on any atom is 0.387 e. The van der Waals surface area contributed by atoms with Gasteiger partial charge in [0.15, 0.2) is 5.75 Å². The Morgan fingerprint density at radius 3 is 2.60 bits per heavy atom. The Labute approximate surface area is 242 Å². The second-order valence-electron chi connectivity index (χ2n) is 9.50. The van der Waals surface area contributed by atoms with Crippen LogP contribution in [0.2, 0.25) is 0 Å². The van der Waals surface area contributed by atoms with Gasteiger partial charge in [-0.05, 0) is 19.1 Å². The average molecular weight is 581 g/mol. The summed E-state index contributed by atoms with van der Waals surface area (Å²) in [7, 11) is 1.76. The third kappa shape index (κ3) is 6.98. The Balaban J connectivity index is 1.75. The molecule has 1 fully saturated rings. The van der Waals surface area contributed by atoms with Crippen LogP contribution in [0, 0.1) is 12.3 Å². The number of rotatable bonds is 12. The molecule has 0 atom stereocenters. The first kappa shape index (κ1) is 30.3. The van der Waals surface area contributed by atoms with E-state index in [0.29, 0.717) is 66.7 Å². The van der Waals surface area contributed by atoms with Crippen molar-refractivity contribution in [2.45, 2.75) is 13.5 Å². The maximum atomic E-state index is 13.6. The normalized spacial score (nSPS) is 13.5. The van der Waals surface area contributed by atoms with Crippen molar-refractivity contribution in [2.75, 3.05) is 67.2 Å². The summed E-state index contributed by atoms with van der Waals surface area (Å²) in [6.07, 6.45) is 3.74. The molecular weight excluding hydrogens is 546 g/mol. The molecule has 4 rings (SSSR count). The molecule has 2 heterocycles. The summed E-state index contributed by atoms with van der Waals surface area (Å²) in [4.78, 5) is 25.2. The number of aliphatic hydroxyl groups excluding tert-OH is 1. The molecule has 2 aromatic carbocycles. The Kier molecular flexibility index (Phi) is 9.99. The van der Waals surface area contributed by atoms with Crippen LogP contribution in [0.1, 0.15) is 11.1 Å². The number of alkyl halides is 2. The summed E-state index contributed by atoms with van der Waals surface area (Å²) in [5.41, 5.74) is 4.40. The van der Waals surface area contributed by atoms with Gasteiger partial charge in [-0.25, -0.2) is 9.97 Å². The first-order valence-electron chi connectivity index (χ1n) is 13.3. The Bertz CT molecular complexity index is 1440. The van der Waals surface area contributed by atoms with E-state index in [-0.39, 0.29) is 18.0 Å². The quantitative estimate of drug-likeness (QED) is 0.158. The largest absolute Gasteiger partial charge is 0.433 e. The van der Waals surface area contributed by atoms with Crippen LogP contribution in [0.4, 0.5) is 37.3 Å².